The van der Waals surface area contributed by atoms with Gasteiger partial charge < -0.3 is 20.4 Å². The second kappa shape index (κ2) is 6.39. The molecule has 2 aromatic carbocycles. The first-order chi connectivity index (χ1) is 11.2. The number of rotatable bonds is 4. The van der Waals surface area contributed by atoms with Crippen LogP contribution in [0.2, 0.25) is 0 Å². The summed E-state index contributed by atoms with van der Waals surface area (Å²) in [6.07, 6.45) is 0. The van der Waals surface area contributed by atoms with Gasteiger partial charge in [0.2, 0.25) is 0 Å². The third-order valence-electron chi connectivity index (χ3n) is 3.63. The molecule has 118 valence electrons. The summed E-state index contributed by atoms with van der Waals surface area (Å²) >= 11 is 0. The van der Waals surface area contributed by atoms with Gasteiger partial charge in [-0.3, -0.25) is 0 Å². The first-order valence-corrected chi connectivity index (χ1v) is 7.28. The van der Waals surface area contributed by atoms with Crippen molar-refractivity contribution in [2.24, 2.45) is 17.8 Å². The molecule has 0 unspecified atom stereocenters. The second-order valence-electron chi connectivity index (χ2n) is 5.13. The predicted molar refractivity (Wildman–Crippen MR) is 92.7 cm³/mol. The summed E-state index contributed by atoms with van der Waals surface area (Å²) in [6.45, 7) is 0.417. The average Bonchev–Trinajstić information content (AvgIpc) is 2.90. The van der Waals surface area contributed by atoms with Gasteiger partial charge >= 0.3 is 0 Å². The number of aromatic nitrogens is 2. The number of hydrogen-bond donors (Lipinski definition) is 2. The summed E-state index contributed by atoms with van der Waals surface area (Å²) in [4.78, 5) is 8.93. The normalized spacial score (nSPS) is 11.7. The zero-order valence-electron chi connectivity index (χ0n) is 13.2. The van der Waals surface area contributed by atoms with Gasteiger partial charge in [-0.15, -0.1) is 0 Å². The van der Waals surface area contributed by atoms with E-state index in [1.807, 2.05) is 60.1 Å². The number of nitrogens with zero attached hydrogens (tertiary/aromatic N) is 3. The largest absolute Gasteiger partial charge is 0.497 e. The van der Waals surface area contributed by atoms with Crippen molar-refractivity contribution < 1.29 is 4.74 Å². The summed E-state index contributed by atoms with van der Waals surface area (Å²) in [6, 6.07) is 15.5. The fraction of sp³-hybridized carbons (Fsp3) is 0.176. The Labute approximate surface area is 134 Å². The average molecular weight is 309 g/mol. The Morgan fingerprint density at radius 1 is 1.22 bits per heavy atom. The van der Waals surface area contributed by atoms with E-state index in [0.717, 1.165) is 28.3 Å². The highest BCUT2D eigenvalue weighted by Crippen LogP contribution is 2.16. The quantitative estimate of drug-likeness (QED) is 0.573. The van der Waals surface area contributed by atoms with Crippen molar-refractivity contribution in [2.75, 3.05) is 12.4 Å². The van der Waals surface area contributed by atoms with Crippen molar-refractivity contribution in [2.45, 2.75) is 6.54 Å². The predicted octanol–water partition coefficient (Wildman–Crippen LogP) is 2.51. The number of benzene rings is 2. The Balaban J connectivity index is 1.71. The minimum absolute atomic E-state index is 0.349. The summed E-state index contributed by atoms with van der Waals surface area (Å²) in [7, 11) is 3.61. The molecule has 0 aliphatic carbocycles. The van der Waals surface area contributed by atoms with Crippen LogP contribution >= 0.6 is 0 Å². The standard InChI is InChI=1S/C17H19N5O/c1-22-15-6-4-3-5-14(15)21-16(22)11-19-17(18)20-12-7-9-13(23-2)10-8-12/h3-10H,11H2,1-2H3,(H3,18,19,20). The van der Waals surface area contributed by atoms with Gasteiger partial charge in [-0.05, 0) is 36.4 Å². The van der Waals surface area contributed by atoms with Crippen LogP contribution in [0, 0.1) is 0 Å². The van der Waals surface area contributed by atoms with Gasteiger partial charge in [-0.2, -0.15) is 0 Å². The third kappa shape index (κ3) is 3.26. The maximum atomic E-state index is 5.94. The maximum Gasteiger partial charge on any atom is 0.193 e. The monoisotopic (exact) mass is 309 g/mol. The fourth-order valence-corrected chi connectivity index (χ4v) is 2.35. The summed E-state index contributed by atoms with van der Waals surface area (Å²) < 4.78 is 7.15. The van der Waals surface area contributed by atoms with Gasteiger partial charge in [0.15, 0.2) is 5.96 Å². The molecular weight excluding hydrogens is 290 g/mol. The molecule has 23 heavy (non-hydrogen) atoms. The molecule has 3 rings (SSSR count). The topological polar surface area (TPSA) is 77.5 Å². The molecule has 0 saturated heterocycles. The lowest BCUT2D eigenvalue weighted by Gasteiger charge is -2.06. The SMILES string of the molecule is COc1ccc(NC(N)=NCc2nc3ccccc3n2C)cc1. The number of para-hydroxylation sites is 2. The highest BCUT2D eigenvalue weighted by molar-refractivity contribution is 5.92. The van der Waals surface area contributed by atoms with E-state index in [9.17, 15) is 0 Å². The Kier molecular flexibility index (Phi) is 4.14. The molecule has 1 heterocycles. The van der Waals surface area contributed by atoms with E-state index in [0.29, 0.717) is 12.5 Å². The van der Waals surface area contributed by atoms with E-state index in [-0.39, 0.29) is 0 Å². The van der Waals surface area contributed by atoms with Crippen LogP contribution in [0.1, 0.15) is 5.82 Å². The summed E-state index contributed by atoms with van der Waals surface area (Å²) in [5.74, 6) is 2.01. The van der Waals surface area contributed by atoms with E-state index in [1.54, 1.807) is 7.11 Å². The van der Waals surface area contributed by atoms with Crippen LogP contribution in [-0.4, -0.2) is 22.6 Å². The van der Waals surface area contributed by atoms with Crippen LogP contribution in [-0.2, 0) is 13.6 Å². The molecule has 3 aromatic rings. The lowest BCUT2D eigenvalue weighted by Crippen LogP contribution is -2.22. The molecule has 0 spiro atoms. The molecule has 0 saturated carbocycles. The number of aryl methyl sites for hydroxylation is 1. The van der Waals surface area contributed by atoms with Crippen molar-refractivity contribution in [1.29, 1.82) is 0 Å². The lowest BCUT2D eigenvalue weighted by molar-refractivity contribution is 0.415. The Hall–Kier alpha value is -3.02. The van der Waals surface area contributed by atoms with Crippen molar-refractivity contribution in [3.05, 3.63) is 54.4 Å². The molecule has 0 amide bonds. The van der Waals surface area contributed by atoms with Crippen LogP contribution in [0.15, 0.2) is 53.5 Å². The van der Waals surface area contributed by atoms with Gasteiger partial charge in [0.25, 0.3) is 0 Å². The third-order valence-corrected chi connectivity index (χ3v) is 3.63. The number of imidazole rings is 1. The molecule has 0 fully saturated rings. The number of methoxy groups -OCH3 is 1. The first kappa shape index (κ1) is 14.9. The van der Waals surface area contributed by atoms with Crippen molar-refractivity contribution in [1.82, 2.24) is 9.55 Å². The Bertz CT molecular complexity index is 836. The van der Waals surface area contributed by atoms with Crippen molar-refractivity contribution in [3.8, 4) is 5.75 Å². The van der Waals surface area contributed by atoms with Crippen LogP contribution in [0.5, 0.6) is 5.75 Å². The molecule has 0 aliphatic rings. The summed E-state index contributed by atoms with van der Waals surface area (Å²) in [5.41, 5.74) is 8.84. The Morgan fingerprint density at radius 3 is 2.65 bits per heavy atom. The van der Waals surface area contributed by atoms with Gasteiger partial charge in [-0.25, -0.2) is 9.98 Å². The van der Waals surface area contributed by atoms with Crippen LogP contribution in [0.3, 0.4) is 0 Å². The Morgan fingerprint density at radius 2 is 1.96 bits per heavy atom. The molecule has 6 heteroatoms. The molecule has 0 atom stereocenters. The van der Waals surface area contributed by atoms with E-state index in [2.05, 4.69) is 15.3 Å². The highest BCUT2D eigenvalue weighted by Gasteiger charge is 2.06. The van der Waals surface area contributed by atoms with Gasteiger partial charge in [-0.1, -0.05) is 12.1 Å². The molecule has 0 radical (unpaired) electrons. The number of nitrogens with two attached hydrogens (primary N) is 1. The number of anilines is 1. The maximum absolute atomic E-state index is 5.94. The van der Waals surface area contributed by atoms with E-state index >= 15 is 0 Å². The number of guanidine groups is 1. The minimum Gasteiger partial charge on any atom is -0.497 e. The van der Waals surface area contributed by atoms with E-state index in [1.165, 1.54) is 0 Å². The summed E-state index contributed by atoms with van der Waals surface area (Å²) in [5, 5.41) is 3.05. The van der Waals surface area contributed by atoms with Crippen LogP contribution in [0.25, 0.3) is 11.0 Å². The zero-order chi connectivity index (χ0) is 16.2. The van der Waals surface area contributed by atoms with Crippen LogP contribution in [0.4, 0.5) is 5.69 Å². The molecular formula is C17H19N5O. The number of ether oxygens (including phenoxy) is 1. The van der Waals surface area contributed by atoms with Crippen LogP contribution < -0.4 is 15.8 Å². The zero-order valence-corrected chi connectivity index (χ0v) is 13.2. The highest BCUT2D eigenvalue weighted by atomic mass is 16.5. The van der Waals surface area contributed by atoms with E-state index < -0.39 is 0 Å². The van der Waals surface area contributed by atoms with Gasteiger partial charge in [0, 0.05) is 12.7 Å². The first-order valence-electron chi connectivity index (χ1n) is 7.28. The van der Waals surface area contributed by atoms with E-state index in [4.69, 9.17) is 10.5 Å². The smallest absolute Gasteiger partial charge is 0.193 e. The minimum atomic E-state index is 0.349. The molecule has 3 N–H and O–H groups in total. The number of aliphatic imine (C=N–C) groups is 1. The molecule has 0 bridgehead atoms. The molecule has 0 aliphatic heterocycles. The molecule has 1 aromatic heterocycles. The fourth-order valence-electron chi connectivity index (χ4n) is 2.35. The second-order valence-corrected chi connectivity index (χ2v) is 5.13. The lowest BCUT2D eigenvalue weighted by atomic mass is 10.3. The van der Waals surface area contributed by atoms with Crippen molar-refractivity contribution in [3.63, 3.8) is 0 Å². The van der Waals surface area contributed by atoms with Crippen molar-refractivity contribution >= 4 is 22.7 Å². The number of fused-ring (bicyclic) bond motifs is 1. The van der Waals surface area contributed by atoms with Gasteiger partial charge in [0.1, 0.15) is 18.1 Å². The molecule has 6 nitrogen and oxygen atoms in total. The number of nitrogens with one attached hydrogen (secondary N) is 1. The number of hydrogen-bond acceptors (Lipinski definition) is 3. The van der Waals surface area contributed by atoms with Gasteiger partial charge in [0.05, 0.1) is 18.1 Å².